The molecule has 10 heteroatoms. The van der Waals surface area contributed by atoms with E-state index in [0.29, 0.717) is 24.3 Å². The van der Waals surface area contributed by atoms with Gasteiger partial charge in [0.05, 0.1) is 12.2 Å². The molecule has 0 bridgehead atoms. The fraction of sp³-hybridized carbons (Fsp3) is 0.762. The molecule has 0 fully saturated rings. The molecule has 1 aliphatic carbocycles. The standard InChI is InChI=1S/C21H38N6O2S2/c1-2-9-23-16-7-8-17-18(14-16)31-21(26-17)27-19(28)15-25-20(29)24-12-11-22-10-5-3-4-6-13-30/h16,22-23,30H,2-15H2,1H3,(H2,24,25,29)(H,26,27,28). The summed E-state index contributed by atoms with van der Waals surface area (Å²) in [4.78, 5) is 29.8. The molecule has 2 rings (SSSR count). The van der Waals surface area contributed by atoms with Crippen molar-refractivity contribution in [3.63, 3.8) is 0 Å². The summed E-state index contributed by atoms with van der Waals surface area (Å²) in [5, 5.41) is 15.6. The molecule has 3 amide bonds. The third-order valence-electron chi connectivity index (χ3n) is 5.13. The highest BCUT2D eigenvalue weighted by molar-refractivity contribution is 7.80. The second-order valence-electron chi connectivity index (χ2n) is 7.83. The summed E-state index contributed by atoms with van der Waals surface area (Å²) in [6.45, 7) is 5.31. The molecule has 1 aromatic rings. The number of hydrogen-bond donors (Lipinski definition) is 6. The van der Waals surface area contributed by atoms with Crippen LogP contribution in [0.1, 0.15) is 56.0 Å². The number of anilines is 1. The Kier molecular flexibility index (Phi) is 12.9. The Morgan fingerprint density at radius 1 is 1.10 bits per heavy atom. The van der Waals surface area contributed by atoms with Crippen molar-refractivity contribution in [3.8, 4) is 0 Å². The number of nitrogens with zero attached hydrogens (tertiary/aromatic N) is 1. The van der Waals surface area contributed by atoms with Crippen LogP contribution in [0.4, 0.5) is 9.93 Å². The number of unbranched alkanes of at least 4 members (excludes halogenated alkanes) is 3. The second-order valence-corrected chi connectivity index (χ2v) is 9.36. The zero-order valence-corrected chi connectivity index (χ0v) is 20.3. The number of aryl methyl sites for hydroxylation is 1. The van der Waals surface area contributed by atoms with E-state index in [1.165, 1.54) is 35.5 Å². The van der Waals surface area contributed by atoms with E-state index in [-0.39, 0.29) is 18.5 Å². The number of amides is 3. The molecule has 0 radical (unpaired) electrons. The lowest BCUT2D eigenvalue weighted by Gasteiger charge is -2.21. The molecule has 176 valence electrons. The monoisotopic (exact) mass is 470 g/mol. The second kappa shape index (κ2) is 15.4. The van der Waals surface area contributed by atoms with Gasteiger partial charge in [-0.3, -0.25) is 4.79 Å². The van der Waals surface area contributed by atoms with Gasteiger partial charge in [-0.25, -0.2) is 9.78 Å². The third-order valence-corrected chi connectivity index (χ3v) is 6.48. The predicted octanol–water partition coefficient (Wildman–Crippen LogP) is 2.32. The summed E-state index contributed by atoms with van der Waals surface area (Å²) < 4.78 is 0. The van der Waals surface area contributed by atoms with Crippen LogP contribution in [0.15, 0.2) is 0 Å². The van der Waals surface area contributed by atoms with Crippen molar-refractivity contribution >= 4 is 41.0 Å². The lowest BCUT2D eigenvalue weighted by atomic mass is 9.98. The van der Waals surface area contributed by atoms with Gasteiger partial charge < -0.3 is 26.6 Å². The van der Waals surface area contributed by atoms with Crippen LogP contribution in [0.25, 0.3) is 0 Å². The number of fused-ring (bicyclic) bond motifs is 1. The third kappa shape index (κ3) is 10.7. The van der Waals surface area contributed by atoms with Crippen molar-refractivity contribution in [1.29, 1.82) is 0 Å². The van der Waals surface area contributed by atoms with Gasteiger partial charge in [-0.1, -0.05) is 19.8 Å². The fourth-order valence-electron chi connectivity index (χ4n) is 3.44. The number of aromatic nitrogens is 1. The van der Waals surface area contributed by atoms with Crippen LogP contribution >= 0.6 is 24.0 Å². The lowest BCUT2D eigenvalue weighted by Crippen LogP contribution is -2.42. The molecule has 8 nitrogen and oxygen atoms in total. The molecule has 0 aliphatic heterocycles. The van der Waals surface area contributed by atoms with Gasteiger partial charge in [-0.05, 0) is 57.4 Å². The van der Waals surface area contributed by atoms with Crippen molar-refractivity contribution in [2.24, 2.45) is 0 Å². The molecule has 5 N–H and O–H groups in total. The average molecular weight is 471 g/mol. The van der Waals surface area contributed by atoms with E-state index in [1.54, 1.807) is 0 Å². The van der Waals surface area contributed by atoms with Gasteiger partial charge in [-0.2, -0.15) is 12.6 Å². The summed E-state index contributed by atoms with van der Waals surface area (Å²) in [5.74, 6) is 0.689. The largest absolute Gasteiger partial charge is 0.337 e. The number of rotatable bonds is 15. The van der Waals surface area contributed by atoms with E-state index in [1.807, 2.05) is 0 Å². The van der Waals surface area contributed by atoms with Crippen molar-refractivity contribution < 1.29 is 9.59 Å². The van der Waals surface area contributed by atoms with Crippen LogP contribution in [-0.4, -0.2) is 61.4 Å². The normalized spacial score (nSPS) is 15.4. The molecule has 0 spiro atoms. The lowest BCUT2D eigenvalue weighted by molar-refractivity contribution is -0.115. The highest BCUT2D eigenvalue weighted by Gasteiger charge is 2.22. The molecular formula is C21H38N6O2S2. The van der Waals surface area contributed by atoms with E-state index in [0.717, 1.165) is 56.6 Å². The van der Waals surface area contributed by atoms with Crippen LogP contribution in [0.2, 0.25) is 0 Å². The van der Waals surface area contributed by atoms with Gasteiger partial charge in [0.25, 0.3) is 0 Å². The highest BCUT2D eigenvalue weighted by Crippen LogP contribution is 2.29. The number of carbonyl (C=O) groups is 2. The van der Waals surface area contributed by atoms with Crippen molar-refractivity contribution in [3.05, 3.63) is 10.6 Å². The van der Waals surface area contributed by atoms with Gasteiger partial charge in [0, 0.05) is 24.0 Å². The molecular weight excluding hydrogens is 432 g/mol. The van der Waals surface area contributed by atoms with Crippen molar-refractivity contribution in [2.75, 3.05) is 43.8 Å². The first-order chi connectivity index (χ1) is 15.1. The molecule has 1 aromatic heterocycles. The summed E-state index contributed by atoms with van der Waals surface area (Å²) in [5.41, 5.74) is 1.09. The Labute approximate surface area is 195 Å². The Morgan fingerprint density at radius 3 is 2.74 bits per heavy atom. The zero-order chi connectivity index (χ0) is 22.3. The average Bonchev–Trinajstić information content (AvgIpc) is 3.16. The summed E-state index contributed by atoms with van der Waals surface area (Å²) in [7, 11) is 0. The molecule has 1 aliphatic rings. The zero-order valence-electron chi connectivity index (χ0n) is 18.6. The first-order valence-electron chi connectivity index (χ1n) is 11.5. The molecule has 1 atom stereocenters. The van der Waals surface area contributed by atoms with Crippen molar-refractivity contribution in [1.82, 2.24) is 26.3 Å². The van der Waals surface area contributed by atoms with Crippen LogP contribution < -0.4 is 26.6 Å². The van der Waals surface area contributed by atoms with Crippen LogP contribution in [-0.2, 0) is 17.6 Å². The molecule has 1 heterocycles. The number of carbonyl (C=O) groups excluding carboxylic acids is 2. The van der Waals surface area contributed by atoms with E-state index in [4.69, 9.17) is 0 Å². The maximum atomic E-state index is 12.1. The number of nitrogens with one attached hydrogen (secondary N) is 5. The Bertz CT molecular complexity index is 670. The maximum Gasteiger partial charge on any atom is 0.315 e. The van der Waals surface area contributed by atoms with E-state index < -0.39 is 0 Å². The topological polar surface area (TPSA) is 107 Å². The van der Waals surface area contributed by atoms with Gasteiger partial charge in [-0.15, -0.1) is 11.3 Å². The first-order valence-corrected chi connectivity index (χ1v) is 12.9. The van der Waals surface area contributed by atoms with Crippen molar-refractivity contribution in [2.45, 2.75) is 64.3 Å². The van der Waals surface area contributed by atoms with E-state index in [9.17, 15) is 9.59 Å². The number of urea groups is 1. The SMILES string of the molecule is CCCNC1CCc2nc(NC(=O)CNC(=O)NCCNCCCCCCS)sc2C1. The van der Waals surface area contributed by atoms with Crippen LogP contribution in [0.3, 0.4) is 0 Å². The molecule has 1 unspecified atom stereocenters. The number of thiol groups is 1. The smallest absolute Gasteiger partial charge is 0.315 e. The summed E-state index contributed by atoms with van der Waals surface area (Å²) in [6, 6.07) is 0.156. The molecule has 31 heavy (non-hydrogen) atoms. The van der Waals surface area contributed by atoms with Crippen LogP contribution in [0, 0.1) is 0 Å². The first kappa shape index (κ1) is 25.9. The Morgan fingerprint density at radius 2 is 1.94 bits per heavy atom. The van der Waals surface area contributed by atoms with E-state index in [2.05, 4.69) is 51.1 Å². The number of thiazole rings is 1. The maximum absolute atomic E-state index is 12.1. The van der Waals surface area contributed by atoms with Gasteiger partial charge in [0.1, 0.15) is 0 Å². The minimum Gasteiger partial charge on any atom is -0.337 e. The van der Waals surface area contributed by atoms with Gasteiger partial charge in [0.15, 0.2) is 5.13 Å². The number of hydrogen-bond acceptors (Lipinski definition) is 7. The molecule has 0 aromatic carbocycles. The minimum atomic E-state index is -0.339. The van der Waals surface area contributed by atoms with Crippen LogP contribution in [0.5, 0.6) is 0 Å². The molecule has 0 saturated heterocycles. The minimum absolute atomic E-state index is 0.0741. The fourth-order valence-corrected chi connectivity index (χ4v) is 4.77. The van der Waals surface area contributed by atoms with Gasteiger partial charge >= 0.3 is 6.03 Å². The highest BCUT2D eigenvalue weighted by atomic mass is 32.1. The molecule has 0 saturated carbocycles. The van der Waals surface area contributed by atoms with E-state index >= 15 is 0 Å². The summed E-state index contributed by atoms with van der Waals surface area (Å²) in [6.07, 6.45) is 8.83. The predicted molar refractivity (Wildman–Crippen MR) is 131 cm³/mol. The summed E-state index contributed by atoms with van der Waals surface area (Å²) >= 11 is 5.74. The quantitative estimate of drug-likeness (QED) is 0.174. The Hall–Kier alpha value is -1.36. The van der Waals surface area contributed by atoms with Gasteiger partial charge in [0.2, 0.25) is 5.91 Å². The Balaban J connectivity index is 1.55.